The molecule has 1 aromatic rings. The molecule has 0 amide bonds. The van der Waals surface area contributed by atoms with E-state index in [1.54, 1.807) is 18.3 Å². The Labute approximate surface area is 142 Å². The fraction of sp³-hybridized carbons (Fsp3) is 0.545. The minimum Gasteiger partial charge on any atom is -0.497 e. The molecule has 0 N–H and O–H groups in total. The van der Waals surface area contributed by atoms with Gasteiger partial charge in [-0.05, 0) is 47.3 Å². The second-order valence-corrected chi connectivity index (χ2v) is 8.87. The highest BCUT2D eigenvalue weighted by Gasteiger charge is 2.30. The minimum absolute atomic E-state index is 0.239. The second-order valence-electron chi connectivity index (χ2n) is 8.87. The monoisotopic (exact) mass is 312 g/mol. The summed E-state index contributed by atoms with van der Waals surface area (Å²) in [5.41, 5.74) is 4.92. The van der Waals surface area contributed by atoms with E-state index < -0.39 is 0 Å². The summed E-state index contributed by atoms with van der Waals surface area (Å²) in [5.74, 6) is 1.52. The van der Waals surface area contributed by atoms with Crippen molar-refractivity contribution < 1.29 is 4.74 Å². The number of methoxy groups -OCH3 is 1. The van der Waals surface area contributed by atoms with Crippen LogP contribution in [-0.2, 0) is 0 Å². The Balaban J connectivity index is 2.32. The molecular formula is C22H32O. The number of allylic oxidation sites excluding steroid dienone is 3. The molecule has 0 spiro atoms. The van der Waals surface area contributed by atoms with Crippen molar-refractivity contribution in [2.75, 3.05) is 7.11 Å². The van der Waals surface area contributed by atoms with Crippen LogP contribution in [0.3, 0.4) is 0 Å². The normalized spacial score (nSPS) is 21.3. The van der Waals surface area contributed by atoms with E-state index in [-0.39, 0.29) is 5.41 Å². The highest BCUT2D eigenvalue weighted by molar-refractivity contribution is 5.55. The maximum atomic E-state index is 5.25. The number of benzene rings is 1. The second kappa shape index (κ2) is 6.55. The number of hydrogen-bond donors (Lipinski definition) is 0. The number of hydrogen-bond acceptors (Lipinski definition) is 1. The largest absolute Gasteiger partial charge is 0.497 e. The van der Waals surface area contributed by atoms with Gasteiger partial charge in [-0.15, -0.1) is 0 Å². The van der Waals surface area contributed by atoms with Crippen molar-refractivity contribution in [3.8, 4) is 5.75 Å². The van der Waals surface area contributed by atoms with E-state index in [9.17, 15) is 0 Å². The van der Waals surface area contributed by atoms with Crippen LogP contribution in [0.2, 0.25) is 0 Å². The van der Waals surface area contributed by atoms with Crippen LogP contribution in [0.4, 0.5) is 0 Å². The summed E-state index contributed by atoms with van der Waals surface area (Å²) in [5, 5.41) is 0. The van der Waals surface area contributed by atoms with Crippen LogP contribution < -0.4 is 4.74 Å². The standard InChI is InChI=1S/C22H32O/c1-21(2,3)18-13-17(14-19(15-18)22(4,5)6)12-16-8-10-20(23-7)11-9-16/h8-12,15,18H,13-14H2,1-7H3. The smallest absolute Gasteiger partial charge is 0.118 e. The van der Waals surface area contributed by atoms with Crippen molar-refractivity contribution in [3.63, 3.8) is 0 Å². The quantitative estimate of drug-likeness (QED) is 0.566. The molecule has 1 nitrogen and oxygen atoms in total. The van der Waals surface area contributed by atoms with E-state index in [2.05, 4.69) is 65.8 Å². The first-order chi connectivity index (χ1) is 10.6. The van der Waals surface area contributed by atoms with E-state index in [0.717, 1.165) is 18.6 Å². The lowest BCUT2D eigenvalue weighted by molar-refractivity contribution is 0.277. The van der Waals surface area contributed by atoms with Gasteiger partial charge in [0, 0.05) is 0 Å². The van der Waals surface area contributed by atoms with E-state index in [0.29, 0.717) is 11.3 Å². The van der Waals surface area contributed by atoms with Crippen LogP contribution in [0.15, 0.2) is 41.5 Å². The molecule has 1 aliphatic carbocycles. The first-order valence-corrected chi connectivity index (χ1v) is 8.64. The van der Waals surface area contributed by atoms with Gasteiger partial charge < -0.3 is 4.74 Å². The molecule has 1 aromatic carbocycles. The van der Waals surface area contributed by atoms with Crippen LogP contribution in [0.25, 0.3) is 6.08 Å². The van der Waals surface area contributed by atoms with Gasteiger partial charge in [0.1, 0.15) is 5.75 Å². The SMILES string of the molecule is COc1ccc(C=C2CC(C(C)(C)C)=CC(C(C)(C)C)C2)cc1. The lowest BCUT2D eigenvalue weighted by Gasteiger charge is -2.37. The van der Waals surface area contributed by atoms with Crippen molar-refractivity contribution in [1.29, 1.82) is 0 Å². The molecule has 0 radical (unpaired) electrons. The average Bonchev–Trinajstić information content (AvgIpc) is 2.46. The molecule has 1 unspecified atom stereocenters. The Morgan fingerprint density at radius 1 is 1.00 bits per heavy atom. The molecular weight excluding hydrogens is 280 g/mol. The summed E-state index contributed by atoms with van der Waals surface area (Å²) >= 11 is 0. The Morgan fingerprint density at radius 3 is 2.09 bits per heavy atom. The van der Waals surface area contributed by atoms with Crippen LogP contribution >= 0.6 is 0 Å². The van der Waals surface area contributed by atoms with Gasteiger partial charge in [-0.25, -0.2) is 0 Å². The molecule has 126 valence electrons. The van der Waals surface area contributed by atoms with Gasteiger partial charge in [0.25, 0.3) is 0 Å². The zero-order chi connectivity index (χ0) is 17.3. The van der Waals surface area contributed by atoms with Crippen molar-refractivity contribution in [2.45, 2.75) is 54.4 Å². The van der Waals surface area contributed by atoms with E-state index in [1.165, 1.54) is 5.56 Å². The van der Waals surface area contributed by atoms with Crippen LogP contribution in [0.5, 0.6) is 5.75 Å². The topological polar surface area (TPSA) is 9.23 Å². The summed E-state index contributed by atoms with van der Waals surface area (Å²) in [6.45, 7) is 14.0. The average molecular weight is 312 g/mol. The third-order valence-electron chi connectivity index (χ3n) is 4.86. The fourth-order valence-electron chi connectivity index (χ4n) is 3.08. The molecule has 1 aliphatic rings. The number of ether oxygens (including phenoxy) is 1. The third kappa shape index (κ3) is 4.73. The third-order valence-corrected chi connectivity index (χ3v) is 4.86. The molecule has 0 fully saturated rings. The molecule has 23 heavy (non-hydrogen) atoms. The van der Waals surface area contributed by atoms with E-state index >= 15 is 0 Å². The summed E-state index contributed by atoms with van der Waals surface area (Å²) in [6, 6.07) is 8.37. The molecule has 0 bridgehead atoms. The van der Waals surface area contributed by atoms with Crippen molar-refractivity contribution in [3.05, 3.63) is 47.1 Å². The van der Waals surface area contributed by atoms with Gasteiger partial charge in [-0.3, -0.25) is 0 Å². The lowest BCUT2D eigenvalue weighted by Crippen LogP contribution is -2.25. The molecule has 2 rings (SSSR count). The van der Waals surface area contributed by atoms with Gasteiger partial charge in [0.2, 0.25) is 0 Å². The zero-order valence-corrected chi connectivity index (χ0v) is 15.9. The Morgan fingerprint density at radius 2 is 1.61 bits per heavy atom. The van der Waals surface area contributed by atoms with Crippen LogP contribution in [0, 0.1) is 16.7 Å². The molecule has 1 heteroatoms. The minimum atomic E-state index is 0.239. The number of rotatable bonds is 2. The summed E-state index contributed by atoms with van der Waals surface area (Å²) in [4.78, 5) is 0. The fourth-order valence-corrected chi connectivity index (χ4v) is 3.08. The molecule has 0 heterocycles. The highest BCUT2D eigenvalue weighted by atomic mass is 16.5. The first kappa shape index (κ1) is 17.8. The Hall–Kier alpha value is -1.50. The van der Waals surface area contributed by atoms with Crippen molar-refractivity contribution in [1.82, 2.24) is 0 Å². The predicted molar refractivity (Wildman–Crippen MR) is 101 cm³/mol. The molecule has 0 saturated carbocycles. The van der Waals surface area contributed by atoms with Gasteiger partial charge in [0.15, 0.2) is 0 Å². The first-order valence-electron chi connectivity index (χ1n) is 8.64. The Bertz CT molecular complexity index is 588. The molecule has 1 atom stereocenters. The van der Waals surface area contributed by atoms with E-state index in [1.807, 2.05) is 12.1 Å². The molecule has 0 saturated heterocycles. The molecule has 0 aliphatic heterocycles. The van der Waals surface area contributed by atoms with Crippen LogP contribution in [0.1, 0.15) is 59.9 Å². The lowest BCUT2D eigenvalue weighted by atomic mass is 9.68. The maximum Gasteiger partial charge on any atom is 0.118 e. The van der Waals surface area contributed by atoms with Crippen LogP contribution in [-0.4, -0.2) is 7.11 Å². The zero-order valence-electron chi connectivity index (χ0n) is 15.9. The summed E-state index contributed by atoms with van der Waals surface area (Å²) < 4.78 is 5.25. The van der Waals surface area contributed by atoms with Gasteiger partial charge >= 0.3 is 0 Å². The van der Waals surface area contributed by atoms with Crippen molar-refractivity contribution >= 4 is 6.08 Å². The Kier molecular flexibility index (Phi) is 5.08. The van der Waals surface area contributed by atoms with E-state index in [4.69, 9.17) is 4.74 Å². The summed E-state index contributed by atoms with van der Waals surface area (Å²) in [6.07, 6.45) is 7.18. The molecule has 0 aromatic heterocycles. The predicted octanol–water partition coefficient (Wildman–Crippen LogP) is 6.51. The summed E-state index contributed by atoms with van der Waals surface area (Å²) in [7, 11) is 1.71. The van der Waals surface area contributed by atoms with Crippen molar-refractivity contribution in [2.24, 2.45) is 16.7 Å². The van der Waals surface area contributed by atoms with Gasteiger partial charge in [0.05, 0.1) is 7.11 Å². The maximum absolute atomic E-state index is 5.25. The van der Waals surface area contributed by atoms with Gasteiger partial charge in [-0.1, -0.05) is 77.0 Å². The highest BCUT2D eigenvalue weighted by Crippen LogP contribution is 2.44. The van der Waals surface area contributed by atoms with Gasteiger partial charge in [-0.2, -0.15) is 0 Å².